The number of halogens is 1. The van der Waals surface area contributed by atoms with E-state index in [1.165, 1.54) is 0 Å². The fourth-order valence-corrected chi connectivity index (χ4v) is 1.17. The predicted octanol–water partition coefficient (Wildman–Crippen LogP) is 1.79. The van der Waals surface area contributed by atoms with Crippen LogP contribution >= 0.6 is 15.9 Å². The third-order valence-electron chi connectivity index (χ3n) is 1.51. The van der Waals surface area contributed by atoms with Crippen molar-refractivity contribution in [3.05, 3.63) is 33.8 Å². The quantitative estimate of drug-likeness (QED) is 0.748. The highest BCUT2D eigenvalue weighted by Gasteiger charge is 2.06. The Balaban J connectivity index is 3.05. The molecule has 0 aliphatic rings. The van der Waals surface area contributed by atoms with E-state index in [4.69, 9.17) is 5.90 Å². The van der Waals surface area contributed by atoms with Crippen LogP contribution in [0.25, 0.3) is 0 Å². The third kappa shape index (κ3) is 1.84. The Morgan fingerprint density at radius 2 is 2.25 bits per heavy atom. The van der Waals surface area contributed by atoms with Gasteiger partial charge in [0.2, 0.25) is 0 Å². The number of nitrogens with two attached hydrogens (primary N) is 1. The summed E-state index contributed by atoms with van der Waals surface area (Å²) in [6, 6.07) is 5.15. The van der Waals surface area contributed by atoms with Crippen molar-refractivity contribution in [2.45, 2.75) is 6.92 Å². The first-order chi connectivity index (χ1) is 5.65. The SMILES string of the molecule is Cc1ccc(C(=O)ON)cc1Br. The average Bonchev–Trinajstić information content (AvgIpc) is 2.08. The van der Waals surface area contributed by atoms with Crippen LogP contribution < -0.4 is 5.90 Å². The Morgan fingerprint density at radius 3 is 2.75 bits per heavy atom. The summed E-state index contributed by atoms with van der Waals surface area (Å²) in [5.41, 5.74) is 1.50. The van der Waals surface area contributed by atoms with Crippen molar-refractivity contribution in [2.24, 2.45) is 5.90 Å². The minimum Gasteiger partial charge on any atom is -0.370 e. The van der Waals surface area contributed by atoms with Gasteiger partial charge in [-0.05, 0) is 24.6 Å². The molecule has 0 aliphatic carbocycles. The Labute approximate surface area is 78.6 Å². The van der Waals surface area contributed by atoms with Crippen molar-refractivity contribution in [3.8, 4) is 0 Å². The van der Waals surface area contributed by atoms with Crippen LogP contribution in [-0.2, 0) is 4.84 Å². The largest absolute Gasteiger partial charge is 0.370 e. The second-order valence-corrected chi connectivity index (χ2v) is 3.22. The first-order valence-corrected chi connectivity index (χ1v) is 4.11. The van der Waals surface area contributed by atoms with Gasteiger partial charge in [0.25, 0.3) is 0 Å². The lowest BCUT2D eigenvalue weighted by Crippen LogP contribution is -2.09. The molecule has 1 aromatic carbocycles. The minimum absolute atomic E-state index is 0.440. The topological polar surface area (TPSA) is 52.3 Å². The average molecular weight is 230 g/mol. The first kappa shape index (κ1) is 9.22. The van der Waals surface area contributed by atoms with Crippen LogP contribution in [0.1, 0.15) is 15.9 Å². The number of carbonyl (C=O) groups is 1. The number of hydrogen-bond acceptors (Lipinski definition) is 3. The van der Waals surface area contributed by atoms with Crippen molar-refractivity contribution < 1.29 is 9.63 Å². The van der Waals surface area contributed by atoms with Gasteiger partial charge in [-0.3, -0.25) is 0 Å². The number of hydrogen-bond donors (Lipinski definition) is 1. The van der Waals surface area contributed by atoms with Crippen LogP contribution in [0.15, 0.2) is 22.7 Å². The van der Waals surface area contributed by atoms with Gasteiger partial charge in [-0.1, -0.05) is 22.0 Å². The van der Waals surface area contributed by atoms with Crippen LogP contribution in [0.2, 0.25) is 0 Å². The fourth-order valence-electron chi connectivity index (χ4n) is 0.788. The molecule has 0 fully saturated rings. The fraction of sp³-hybridized carbons (Fsp3) is 0.125. The van der Waals surface area contributed by atoms with Crippen LogP contribution in [0.4, 0.5) is 0 Å². The summed E-state index contributed by atoms with van der Waals surface area (Å²) in [6.07, 6.45) is 0. The summed E-state index contributed by atoms with van der Waals surface area (Å²) in [5, 5.41) is 0. The lowest BCUT2D eigenvalue weighted by molar-refractivity contribution is 0.0503. The lowest BCUT2D eigenvalue weighted by atomic mass is 10.1. The second kappa shape index (κ2) is 3.69. The molecule has 0 amide bonds. The maximum atomic E-state index is 10.9. The highest BCUT2D eigenvalue weighted by Crippen LogP contribution is 2.17. The van der Waals surface area contributed by atoms with Gasteiger partial charge in [-0.25, -0.2) is 4.79 Å². The van der Waals surface area contributed by atoms with E-state index < -0.39 is 5.97 Å². The van der Waals surface area contributed by atoms with Crippen molar-refractivity contribution in [1.29, 1.82) is 0 Å². The molecular weight excluding hydrogens is 222 g/mol. The monoisotopic (exact) mass is 229 g/mol. The molecule has 0 bridgehead atoms. The van der Waals surface area contributed by atoms with Gasteiger partial charge in [0, 0.05) is 4.47 Å². The number of aryl methyl sites for hydroxylation is 1. The number of carbonyl (C=O) groups excluding carboxylic acids is 1. The molecule has 0 atom stereocenters. The second-order valence-electron chi connectivity index (χ2n) is 2.37. The summed E-state index contributed by atoms with van der Waals surface area (Å²) in [7, 11) is 0. The molecule has 0 unspecified atom stereocenters. The maximum Gasteiger partial charge on any atom is 0.356 e. The molecule has 3 nitrogen and oxygen atoms in total. The summed E-state index contributed by atoms with van der Waals surface area (Å²) in [5.74, 6) is 4.20. The van der Waals surface area contributed by atoms with Crippen molar-refractivity contribution in [2.75, 3.05) is 0 Å². The van der Waals surface area contributed by atoms with Gasteiger partial charge >= 0.3 is 5.97 Å². The zero-order chi connectivity index (χ0) is 9.14. The summed E-state index contributed by atoms with van der Waals surface area (Å²) < 4.78 is 0.866. The van der Waals surface area contributed by atoms with Gasteiger partial charge in [0.15, 0.2) is 0 Å². The molecule has 4 heteroatoms. The molecule has 0 saturated carbocycles. The molecule has 0 spiro atoms. The van der Waals surface area contributed by atoms with Crippen molar-refractivity contribution in [1.82, 2.24) is 0 Å². The van der Waals surface area contributed by atoms with E-state index in [-0.39, 0.29) is 0 Å². The van der Waals surface area contributed by atoms with Crippen molar-refractivity contribution >= 4 is 21.9 Å². The van der Waals surface area contributed by atoms with Crippen molar-refractivity contribution in [3.63, 3.8) is 0 Å². The molecule has 0 radical (unpaired) electrons. The molecule has 12 heavy (non-hydrogen) atoms. The smallest absolute Gasteiger partial charge is 0.356 e. The van der Waals surface area contributed by atoms with Crippen LogP contribution in [0.5, 0.6) is 0 Å². The zero-order valence-corrected chi connectivity index (χ0v) is 8.09. The van der Waals surface area contributed by atoms with E-state index in [0.29, 0.717) is 5.56 Å². The van der Waals surface area contributed by atoms with E-state index in [9.17, 15) is 4.79 Å². The minimum atomic E-state index is -0.532. The zero-order valence-electron chi connectivity index (χ0n) is 6.50. The first-order valence-electron chi connectivity index (χ1n) is 3.32. The normalized spacial score (nSPS) is 9.58. The molecule has 64 valence electrons. The summed E-state index contributed by atoms with van der Waals surface area (Å²) in [6.45, 7) is 1.93. The van der Waals surface area contributed by atoms with Crippen LogP contribution in [0.3, 0.4) is 0 Å². The van der Waals surface area contributed by atoms with Gasteiger partial charge in [-0.2, -0.15) is 5.90 Å². The molecule has 0 aliphatic heterocycles. The third-order valence-corrected chi connectivity index (χ3v) is 2.37. The molecule has 1 aromatic rings. The van der Waals surface area contributed by atoms with Crippen LogP contribution in [0, 0.1) is 6.92 Å². The maximum absolute atomic E-state index is 10.9. The van der Waals surface area contributed by atoms with E-state index in [0.717, 1.165) is 10.0 Å². The predicted molar refractivity (Wildman–Crippen MR) is 48.5 cm³/mol. The van der Waals surface area contributed by atoms with E-state index in [1.54, 1.807) is 12.1 Å². The molecule has 0 aromatic heterocycles. The van der Waals surface area contributed by atoms with E-state index in [1.807, 2.05) is 13.0 Å². The number of rotatable bonds is 1. The Kier molecular flexibility index (Phi) is 2.83. The molecule has 0 heterocycles. The Morgan fingerprint density at radius 1 is 1.58 bits per heavy atom. The molecule has 1 rings (SSSR count). The Bertz CT molecular complexity index is 312. The summed E-state index contributed by atoms with van der Waals surface area (Å²) in [4.78, 5) is 15.0. The molecule has 0 saturated heterocycles. The van der Waals surface area contributed by atoms with Gasteiger partial charge in [0.1, 0.15) is 0 Å². The standard InChI is InChI=1S/C8H8BrNO2/c1-5-2-3-6(4-7(5)9)8(11)12-10/h2-4H,10H2,1H3. The van der Waals surface area contributed by atoms with E-state index in [2.05, 4.69) is 20.8 Å². The highest BCUT2D eigenvalue weighted by atomic mass is 79.9. The van der Waals surface area contributed by atoms with E-state index >= 15 is 0 Å². The Hall–Kier alpha value is -0.870. The molecular formula is C8H8BrNO2. The lowest BCUT2D eigenvalue weighted by Gasteiger charge is -2.00. The van der Waals surface area contributed by atoms with Gasteiger partial charge in [-0.15, -0.1) is 0 Å². The number of benzene rings is 1. The summed E-state index contributed by atoms with van der Waals surface area (Å²) >= 11 is 3.29. The van der Waals surface area contributed by atoms with Gasteiger partial charge < -0.3 is 4.84 Å². The van der Waals surface area contributed by atoms with Gasteiger partial charge in [0.05, 0.1) is 5.56 Å². The molecule has 2 N–H and O–H groups in total. The highest BCUT2D eigenvalue weighted by molar-refractivity contribution is 9.10. The van der Waals surface area contributed by atoms with Crippen LogP contribution in [-0.4, -0.2) is 5.97 Å².